The summed E-state index contributed by atoms with van der Waals surface area (Å²) in [5.74, 6) is -1.09. The highest BCUT2D eigenvalue weighted by atomic mass is 79.9. The van der Waals surface area contributed by atoms with E-state index in [9.17, 15) is 24.8 Å². The smallest absolute Gasteiger partial charge is 0.270 e. The van der Waals surface area contributed by atoms with Gasteiger partial charge in [-0.2, -0.15) is 0 Å². The second-order valence-electron chi connectivity index (χ2n) is 6.74. The van der Waals surface area contributed by atoms with Crippen molar-refractivity contribution in [2.45, 2.75) is 31.8 Å². The summed E-state index contributed by atoms with van der Waals surface area (Å²) >= 11 is 3.34. The van der Waals surface area contributed by atoms with Gasteiger partial charge in [0.2, 0.25) is 0 Å². The minimum Gasteiger partial charge on any atom is -0.375 e. The Morgan fingerprint density at radius 1 is 1.29 bits per heavy atom. The molecule has 28 heavy (non-hydrogen) atoms. The average molecular weight is 447 g/mol. The molecule has 3 rings (SSSR count). The number of carbonyl (C=O) groups is 2. The quantitative estimate of drug-likeness (QED) is 0.393. The van der Waals surface area contributed by atoms with Crippen molar-refractivity contribution in [1.82, 2.24) is 0 Å². The van der Waals surface area contributed by atoms with Gasteiger partial charge in [0, 0.05) is 34.3 Å². The lowest BCUT2D eigenvalue weighted by Gasteiger charge is -2.22. The predicted octanol–water partition coefficient (Wildman–Crippen LogP) is 3.96. The summed E-state index contributed by atoms with van der Waals surface area (Å²) < 4.78 is 0.678. The molecule has 8 heteroatoms. The third-order valence-electron chi connectivity index (χ3n) is 4.82. The molecule has 0 unspecified atom stereocenters. The third kappa shape index (κ3) is 3.57. The largest absolute Gasteiger partial charge is 0.375 e. The van der Waals surface area contributed by atoms with Gasteiger partial charge in [0.05, 0.1) is 17.0 Å². The second-order valence-corrected chi connectivity index (χ2v) is 7.66. The first-order chi connectivity index (χ1) is 13.3. The lowest BCUT2D eigenvalue weighted by atomic mass is 9.88. The SMILES string of the molecule is CCCCN1C(=O)[C@](O)(CC(=O)c2cccc([N+](=O)[O-])c2)c2cc(Br)ccc21. The van der Waals surface area contributed by atoms with Gasteiger partial charge in [-0.1, -0.05) is 41.4 Å². The first-order valence-electron chi connectivity index (χ1n) is 8.90. The van der Waals surface area contributed by atoms with Crippen molar-refractivity contribution in [3.05, 3.63) is 68.2 Å². The molecule has 2 aromatic carbocycles. The Kier molecular flexibility index (Phi) is 5.62. The number of hydrogen-bond donors (Lipinski definition) is 1. The third-order valence-corrected chi connectivity index (χ3v) is 5.32. The lowest BCUT2D eigenvalue weighted by Crippen LogP contribution is -2.42. The fraction of sp³-hybridized carbons (Fsp3) is 0.300. The second kappa shape index (κ2) is 7.81. The molecule has 146 valence electrons. The van der Waals surface area contributed by atoms with Crippen LogP contribution in [0.1, 0.15) is 42.1 Å². The van der Waals surface area contributed by atoms with Gasteiger partial charge in [-0.3, -0.25) is 19.7 Å². The molecular weight excluding hydrogens is 428 g/mol. The van der Waals surface area contributed by atoms with Crippen molar-refractivity contribution in [1.29, 1.82) is 0 Å². The van der Waals surface area contributed by atoms with Crippen molar-refractivity contribution in [3.8, 4) is 0 Å². The highest BCUT2D eigenvalue weighted by Gasteiger charge is 2.50. The Balaban J connectivity index is 1.97. The number of nitrogens with zero attached hydrogens (tertiary/aromatic N) is 2. The van der Waals surface area contributed by atoms with E-state index in [0.29, 0.717) is 22.3 Å². The molecule has 0 aliphatic carbocycles. The number of non-ortho nitro benzene ring substituents is 1. The summed E-state index contributed by atoms with van der Waals surface area (Å²) in [6, 6.07) is 10.4. The number of fused-ring (bicyclic) bond motifs is 1. The molecule has 7 nitrogen and oxygen atoms in total. The van der Waals surface area contributed by atoms with Gasteiger partial charge in [-0.25, -0.2) is 0 Å². The Labute approximate surface area is 170 Å². The Morgan fingerprint density at radius 3 is 2.71 bits per heavy atom. The number of halogens is 1. The Bertz CT molecular complexity index is 961. The molecule has 2 aromatic rings. The van der Waals surface area contributed by atoms with Crippen LogP contribution in [0, 0.1) is 10.1 Å². The standard InChI is InChI=1S/C20H19BrN2O5/c1-2-3-9-22-17-8-7-14(21)11-16(17)20(26,19(22)25)12-18(24)13-5-4-6-15(10-13)23(27)28/h4-8,10-11,26H,2-3,9,12H2,1H3/t20-/m0/s1. The van der Waals surface area contributed by atoms with E-state index < -0.39 is 28.6 Å². The fourth-order valence-electron chi connectivity index (χ4n) is 3.36. The maximum absolute atomic E-state index is 13.0. The highest BCUT2D eigenvalue weighted by Crippen LogP contribution is 2.44. The van der Waals surface area contributed by atoms with Gasteiger partial charge in [0.15, 0.2) is 11.4 Å². The molecule has 0 bridgehead atoms. The fourth-order valence-corrected chi connectivity index (χ4v) is 3.72. The van der Waals surface area contributed by atoms with Crippen molar-refractivity contribution >= 4 is 39.0 Å². The van der Waals surface area contributed by atoms with Gasteiger partial charge in [-0.15, -0.1) is 0 Å². The minimum atomic E-state index is -2.01. The number of anilines is 1. The molecule has 1 amide bonds. The van der Waals surface area contributed by atoms with Crippen LogP contribution in [0.2, 0.25) is 0 Å². The van der Waals surface area contributed by atoms with E-state index in [2.05, 4.69) is 15.9 Å². The topological polar surface area (TPSA) is 101 Å². The number of carbonyl (C=O) groups excluding carboxylic acids is 2. The van der Waals surface area contributed by atoms with E-state index in [1.54, 1.807) is 18.2 Å². The number of aliphatic hydroxyl groups is 1. The normalized spacial score (nSPS) is 18.2. The van der Waals surface area contributed by atoms with Crippen LogP contribution in [0.25, 0.3) is 0 Å². The maximum Gasteiger partial charge on any atom is 0.270 e. The number of ketones is 1. The number of benzene rings is 2. The molecule has 0 fully saturated rings. The molecule has 1 heterocycles. The van der Waals surface area contributed by atoms with Crippen molar-refractivity contribution in [3.63, 3.8) is 0 Å². The number of Topliss-reactive ketones (excluding diaryl/α,β-unsaturated/α-hetero) is 1. The monoisotopic (exact) mass is 446 g/mol. The first kappa shape index (κ1) is 20.2. The summed E-state index contributed by atoms with van der Waals surface area (Å²) in [4.78, 5) is 37.7. The van der Waals surface area contributed by atoms with E-state index in [-0.39, 0.29) is 11.3 Å². The van der Waals surface area contributed by atoms with E-state index in [4.69, 9.17) is 0 Å². The molecule has 1 aliphatic rings. The van der Waals surface area contributed by atoms with Gasteiger partial charge >= 0.3 is 0 Å². The van der Waals surface area contributed by atoms with E-state index >= 15 is 0 Å². The van der Waals surface area contributed by atoms with E-state index in [0.717, 1.165) is 18.9 Å². The van der Waals surface area contributed by atoms with E-state index in [1.807, 2.05) is 6.92 Å². The molecular formula is C20H19BrN2O5. The van der Waals surface area contributed by atoms with Crippen LogP contribution in [0.5, 0.6) is 0 Å². The average Bonchev–Trinajstić information content (AvgIpc) is 2.87. The number of amides is 1. The Morgan fingerprint density at radius 2 is 2.04 bits per heavy atom. The minimum absolute atomic E-state index is 0.0824. The van der Waals surface area contributed by atoms with Crippen molar-refractivity contribution < 1.29 is 19.6 Å². The summed E-state index contributed by atoms with van der Waals surface area (Å²) in [5, 5.41) is 22.2. The van der Waals surface area contributed by atoms with Crippen LogP contribution in [-0.2, 0) is 10.4 Å². The Hall–Kier alpha value is -2.58. The summed E-state index contributed by atoms with van der Waals surface area (Å²) in [5.41, 5.74) is -1.20. The highest BCUT2D eigenvalue weighted by molar-refractivity contribution is 9.10. The maximum atomic E-state index is 13.0. The summed E-state index contributed by atoms with van der Waals surface area (Å²) in [7, 11) is 0. The van der Waals surface area contributed by atoms with Gasteiger partial charge in [-0.05, 0) is 24.6 Å². The zero-order valence-electron chi connectivity index (χ0n) is 15.2. The van der Waals surface area contributed by atoms with Crippen LogP contribution < -0.4 is 4.90 Å². The first-order valence-corrected chi connectivity index (χ1v) is 9.69. The summed E-state index contributed by atoms with van der Waals surface area (Å²) in [6.45, 7) is 2.44. The number of hydrogen-bond acceptors (Lipinski definition) is 5. The van der Waals surface area contributed by atoms with Crippen LogP contribution >= 0.6 is 15.9 Å². The van der Waals surface area contributed by atoms with Gasteiger partial charge < -0.3 is 10.0 Å². The predicted molar refractivity (Wildman–Crippen MR) is 107 cm³/mol. The number of rotatable bonds is 7. The molecule has 0 radical (unpaired) electrons. The number of nitro groups is 1. The molecule has 0 saturated carbocycles. The van der Waals surface area contributed by atoms with Crippen LogP contribution in [0.3, 0.4) is 0 Å². The van der Waals surface area contributed by atoms with Crippen LogP contribution in [-0.4, -0.2) is 28.3 Å². The molecule has 1 atom stereocenters. The zero-order valence-corrected chi connectivity index (χ0v) is 16.8. The molecule has 1 N–H and O–H groups in total. The van der Waals surface area contributed by atoms with Gasteiger partial charge in [0.1, 0.15) is 0 Å². The van der Waals surface area contributed by atoms with Gasteiger partial charge in [0.25, 0.3) is 11.6 Å². The lowest BCUT2D eigenvalue weighted by molar-refractivity contribution is -0.384. The molecule has 0 spiro atoms. The molecule has 0 saturated heterocycles. The number of nitro benzene ring substituents is 1. The van der Waals surface area contributed by atoms with Crippen molar-refractivity contribution in [2.24, 2.45) is 0 Å². The summed E-state index contributed by atoms with van der Waals surface area (Å²) in [6.07, 6.45) is 1.15. The van der Waals surface area contributed by atoms with Crippen molar-refractivity contribution in [2.75, 3.05) is 11.4 Å². The molecule has 1 aliphatic heterocycles. The number of unbranched alkanes of at least 4 members (excludes halogenated alkanes) is 1. The zero-order chi connectivity index (χ0) is 20.5. The van der Waals surface area contributed by atoms with E-state index in [1.165, 1.54) is 23.1 Å². The molecule has 0 aromatic heterocycles. The van der Waals surface area contributed by atoms with Crippen LogP contribution in [0.4, 0.5) is 11.4 Å². The van der Waals surface area contributed by atoms with Crippen LogP contribution in [0.15, 0.2) is 46.9 Å².